The van der Waals surface area contributed by atoms with Gasteiger partial charge < -0.3 is 0 Å². The van der Waals surface area contributed by atoms with Crippen LogP contribution < -0.4 is 0 Å². The molecular weight excluding hydrogens is 378 g/mol. The number of aryl methyl sites for hydroxylation is 1. The third-order valence-electron chi connectivity index (χ3n) is 4.39. The van der Waals surface area contributed by atoms with Crippen molar-refractivity contribution >= 4 is 0 Å². The third kappa shape index (κ3) is 4.00. The van der Waals surface area contributed by atoms with Crippen molar-refractivity contribution in [2.75, 3.05) is 0 Å². The smallest absolute Gasteiger partial charge is 0.256 e. The number of aromatic amines is 1. The minimum absolute atomic E-state index is 0.376. The van der Waals surface area contributed by atoms with E-state index < -0.39 is 12.2 Å². The molecule has 1 N–H and O–H groups in total. The van der Waals surface area contributed by atoms with E-state index in [0.29, 0.717) is 24.6 Å². The number of hydrogen-bond donors (Lipinski definition) is 1. The van der Waals surface area contributed by atoms with Crippen LogP contribution >= 0.6 is 0 Å². The molecule has 0 bridgehead atoms. The first-order chi connectivity index (χ1) is 14.2. The number of rotatable bonds is 7. The lowest BCUT2D eigenvalue weighted by Crippen LogP contribution is -2.06. The molecule has 0 unspecified atom stereocenters. The molecule has 4 rings (SSSR count). The summed E-state index contributed by atoms with van der Waals surface area (Å²) < 4.78 is 27.5. The van der Waals surface area contributed by atoms with Gasteiger partial charge in [0.15, 0.2) is 5.82 Å². The summed E-state index contributed by atoms with van der Waals surface area (Å²) in [6.45, 7) is 2.50. The average Bonchev–Trinajstić information content (AvgIpc) is 3.40. The molecule has 4 aromatic rings. The van der Waals surface area contributed by atoms with E-state index in [4.69, 9.17) is 0 Å². The third-order valence-corrected chi connectivity index (χ3v) is 4.39. The Labute approximate surface area is 165 Å². The Bertz CT molecular complexity index is 1070. The monoisotopic (exact) mass is 396 g/mol. The van der Waals surface area contributed by atoms with Crippen molar-refractivity contribution in [1.29, 1.82) is 0 Å². The number of alkyl halides is 2. The standard InChI is InChI=1S/C19H18F2N8/c1-2-9-29-16(23-19(26-29)17(20)21)10-12-7-8-15(22-11-12)13-5-3-4-6-14(13)18-24-27-28-25-18/h3-8,11,17H,2,9-10H2,1H3,(H,24,25,27,28). The zero-order chi connectivity index (χ0) is 20.2. The zero-order valence-electron chi connectivity index (χ0n) is 15.6. The Kier molecular flexibility index (Phi) is 5.32. The van der Waals surface area contributed by atoms with Crippen molar-refractivity contribution in [1.82, 2.24) is 40.4 Å². The minimum atomic E-state index is -2.69. The van der Waals surface area contributed by atoms with Crippen LogP contribution in [0.1, 0.15) is 37.0 Å². The van der Waals surface area contributed by atoms with Gasteiger partial charge in [-0.1, -0.05) is 37.3 Å². The second kappa shape index (κ2) is 8.21. The molecule has 0 radical (unpaired) electrons. The van der Waals surface area contributed by atoms with Gasteiger partial charge in [-0.2, -0.15) is 0 Å². The molecule has 0 saturated carbocycles. The molecule has 0 aliphatic carbocycles. The second-order valence-electron chi connectivity index (χ2n) is 6.43. The van der Waals surface area contributed by atoms with Crippen LogP contribution in [0.15, 0.2) is 42.6 Å². The topological polar surface area (TPSA) is 98.1 Å². The lowest BCUT2D eigenvalue weighted by molar-refractivity contribution is 0.140. The van der Waals surface area contributed by atoms with Crippen LogP contribution in [0, 0.1) is 0 Å². The van der Waals surface area contributed by atoms with Gasteiger partial charge in [0, 0.05) is 30.3 Å². The summed E-state index contributed by atoms with van der Waals surface area (Å²) in [6.07, 6.45) is 0.191. The first-order valence-corrected chi connectivity index (χ1v) is 9.16. The summed E-state index contributed by atoms with van der Waals surface area (Å²) in [6, 6.07) is 11.4. The number of aromatic nitrogens is 8. The van der Waals surface area contributed by atoms with E-state index in [-0.39, 0.29) is 0 Å². The Morgan fingerprint density at radius 3 is 2.59 bits per heavy atom. The fourth-order valence-corrected chi connectivity index (χ4v) is 3.06. The van der Waals surface area contributed by atoms with E-state index in [1.165, 1.54) is 0 Å². The van der Waals surface area contributed by atoms with E-state index in [9.17, 15) is 8.78 Å². The summed E-state index contributed by atoms with van der Waals surface area (Å²) >= 11 is 0. The van der Waals surface area contributed by atoms with Gasteiger partial charge >= 0.3 is 0 Å². The number of nitrogens with one attached hydrogen (secondary N) is 1. The van der Waals surface area contributed by atoms with Crippen molar-refractivity contribution < 1.29 is 8.78 Å². The highest BCUT2D eigenvalue weighted by Crippen LogP contribution is 2.28. The van der Waals surface area contributed by atoms with Crippen molar-refractivity contribution in [3.63, 3.8) is 0 Å². The summed E-state index contributed by atoms with van der Waals surface area (Å²) in [5.74, 6) is 0.621. The van der Waals surface area contributed by atoms with Crippen LogP contribution in [0.4, 0.5) is 8.78 Å². The van der Waals surface area contributed by atoms with Crippen molar-refractivity contribution in [3.8, 4) is 22.6 Å². The highest BCUT2D eigenvalue weighted by atomic mass is 19.3. The lowest BCUT2D eigenvalue weighted by atomic mass is 10.0. The number of H-pyrrole nitrogens is 1. The number of tetrazole rings is 1. The zero-order valence-corrected chi connectivity index (χ0v) is 15.6. The van der Waals surface area contributed by atoms with Crippen molar-refractivity contribution in [3.05, 3.63) is 59.8 Å². The number of hydrogen-bond acceptors (Lipinski definition) is 6. The van der Waals surface area contributed by atoms with Crippen LogP contribution in [0.5, 0.6) is 0 Å². The normalized spacial score (nSPS) is 11.3. The van der Waals surface area contributed by atoms with Crippen LogP contribution in [0.2, 0.25) is 0 Å². The molecule has 148 valence electrons. The van der Waals surface area contributed by atoms with Crippen LogP contribution in [-0.2, 0) is 13.0 Å². The van der Waals surface area contributed by atoms with Gasteiger partial charge in [-0.3, -0.25) is 4.98 Å². The Morgan fingerprint density at radius 1 is 1.10 bits per heavy atom. The second-order valence-corrected chi connectivity index (χ2v) is 6.43. The minimum Gasteiger partial charge on any atom is -0.256 e. The van der Waals surface area contributed by atoms with Crippen molar-refractivity contribution in [2.45, 2.75) is 32.7 Å². The molecule has 1 aromatic carbocycles. The van der Waals surface area contributed by atoms with Crippen LogP contribution in [0.25, 0.3) is 22.6 Å². The molecule has 0 spiro atoms. The van der Waals surface area contributed by atoms with Crippen LogP contribution in [-0.4, -0.2) is 40.4 Å². The maximum atomic E-state index is 13.0. The molecule has 0 fully saturated rings. The lowest BCUT2D eigenvalue weighted by Gasteiger charge is -2.08. The molecule has 0 saturated heterocycles. The Balaban J connectivity index is 1.60. The maximum Gasteiger partial charge on any atom is 0.299 e. The van der Waals surface area contributed by atoms with E-state index in [2.05, 4.69) is 35.7 Å². The molecule has 0 aliphatic heterocycles. The fourth-order valence-electron chi connectivity index (χ4n) is 3.06. The first kappa shape index (κ1) is 18.8. The quantitative estimate of drug-likeness (QED) is 0.514. The predicted octanol–water partition coefficient (Wildman–Crippen LogP) is 3.46. The summed E-state index contributed by atoms with van der Waals surface area (Å²) in [4.78, 5) is 8.54. The predicted molar refractivity (Wildman–Crippen MR) is 101 cm³/mol. The van der Waals surface area contributed by atoms with Crippen LogP contribution in [0.3, 0.4) is 0 Å². The number of pyridine rings is 1. The molecule has 8 nitrogen and oxygen atoms in total. The van der Waals surface area contributed by atoms with E-state index in [1.807, 2.05) is 43.3 Å². The van der Waals surface area contributed by atoms with Gasteiger partial charge in [-0.15, -0.1) is 10.2 Å². The Morgan fingerprint density at radius 2 is 1.93 bits per heavy atom. The van der Waals surface area contributed by atoms with Crippen molar-refractivity contribution in [2.24, 2.45) is 0 Å². The summed E-state index contributed by atoms with van der Waals surface area (Å²) in [5.41, 5.74) is 3.33. The van der Waals surface area contributed by atoms with Gasteiger partial charge in [0.25, 0.3) is 6.43 Å². The largest absolute Gasteiger partial charge is 0.299 e. The highest BCUT2D eigenvalue weighted by Gasteiger charge is 2.18. The Hall–Kier alpha value is -3.56. The van der Waals surface area contributed by atoms with Gasteiger partial charge in [-0.05, 0) is 28.5 Å². The number of halogens is 2. The number of nitrogens with zero attached hydrogens (tertiary/aromatic N) is 7. The summed E-state index contributed by atoms with van der Waals surface area (Å²) in [7, 11) is 0. The SMILES string of the molecule is CCCn1nc(C(F)F)nc1Cc1ccc(-c2ccccc2-c2nnn[nH]2)nc1. The average molecular weight is 396 g/mol. The molecule has 3 aromatic heterocycles. The first-order valence-electron chi connectivity index (χ1n) is 9.16. The van der Waals surface area contributed by atoms with E-state index in [1.54, 1.807) is 10.9 Å². The summed E-state index contributed by atoms with van der Waals surface area (Å²) in [5, 5.41) is 17.9. The fraction of sp³-hybridized carbons (Fsp3) is 0.263. The molecule has 29 heavy (non-hydrogen) atoms. The number of benzene rings is 1. The van der Waals surface area contributed by atoms with Gasteiger partial charge in [-0.25, -0.2) is 23.5 Å². The maximum absolute atomic E-state index is 13.0. The molecule has 0 aliphatic rings. The molecule has 0 atom stereocenters. The van der Waals surface area contributed by atoms with E-state index in [0.717, 1.165) is 28.8 Å². The molecule has 0 amide bonds. The van der Waals surface area contributed by atoms with Gasteiger partial charge in [0.2, 0.25) is 5.82 Å². The van der Waals surface area contributed by atoms with Gasteiger partial charge in [0.1, 0.15) is 5.82 Å². The molecule has 10 heteroatoms. The highest BCUT2D eigenvalue weighted by molar-refractivity contribution is 5.78. The molecular formula is C19H18F2N8. The van der Waals surface area contributed by atoms with Gasteiger partial charge in [0.05, 0.1) is 5.69 Å². The van der Waals surface area contributed by atoms with E-state index >= 15 is 0 Å². The molecule has 3 heterocycles.